The number of carbonyl (C=O) groups is 1. The molecule has 0 spiro atoms. The molecule has 0 atom stereocenters. The summed E-state index contributed by atoms with van der Waals surface area (Å²) in [5, 5.41) is 2.98. The minimum Gasteiger partial charge on any atom is -0.494 e. The van der Waals surface area contributed by atoms with Crippen LogP contribution in [0.15, 0.2) is 24.3 Å². The zero-order valence-corrected chi connectivity index (χ0v) is 12.7. The van der Waals surface area contributed by atoms with Gasteiger partial charge in [0.1, 0.15) is 5.75 Å². The van der Waals surface area contributed by atoms with Crippen LogP contribution in [0.1, 0.15) is 39.2 Å². The molecule has 1 aromatic rings. The van der Waals surface area contributed by atoms with Gasteiger partial charge in [0.2, 0.25) is 5.91 Å². The molecule has 0 heterocycles. The van der Waals surface area contributed by atoms with Gasteiger partial charge in [-0.3, -0.25) is 4.79 Å². The van der Waals surface area contributed by atoms with E-state index >= 15 is 0 Å². The molecule has 1 amide bonds. The van der Waals surface area contributed by atoms with Crippen molar-refractivity contribution in [3.63, 3.8) is 0 Å². The van der Waals surface area contributed by atoms with Crippen LogP contribution in [-0.2, 0) is 11.3 Å². The summed E-state index contributed by atoms with van der Waals surface area (Å²) < 4.78 is 5.39. The molecule has 0 aliphatic carbocycles. The number of carbonyl (C=O) groups excluding carboxylic acids is 1. The van der Waals surface area contributed by atoms with Crippen LogP contribution >= 0.6 is 0 Å². The zero-order valence-electron chi connectivity index (χ0n) is 12.7. The molecule has 3 N–H and O–H groups in total. The van der Waals surface area contributed by atoms with Crippen molar-refractivity contribution in [2.75, 3.05) is 13.2 Å². The molecule has 0 radical (unpaired) electrons. The van der Waals surface area contributed by atoms with E-state index in [1.807, 2.05) is 45.0 Å². The van der Waals surface area contributed by atoms with Crippen LogP contribution in [0.4, 0.5) is 0 Å². The summed E-state index contributed by atoms with van der Waals surface area (Å²) in [7, 11) is 0. The topological polar surface area (TPSA) is 64.3 Å². The summed E-state index contributed by atoms with van der Waals surface area (Å²) >= 11 is 0. The Hall–Kier alpha value is -1.55. The Bertz CT molecular complexity index is 403. The maximum absolute atomic E-state index is 12.3. The third-order valence-electron chi connectivity index (χ3n) is 3.91. The maximum Gasteiger partial charge on any atom is 0.227 e. The summed E-state index contributed by atoms with van der Waals surface area (Å²) in [6, 6.07) is 7.77. The Morgan fingerprint density at radius 1 is 1.20 bits per heavy atom. The molecule has 1 rings (SSSR count). The SMILES string of the molecule is CCOc1ccc(CNC(=O)C(CC)(CC)CN)cc1. The van der Waals surface area contributed by atoms with Gasteiger partial charge in [-0.25, -0.2) is 0 Å². The highest BCUT2D eigenvalue weighted by Gasteiger charge is 2.32. The first-order chi connectivity index (χ1) is 9.61. The Labute approximate surface area is 121 Å². The van der Waals surface area contributed by atoms with Gasteiger partial charge in [-0.1, -0.05) is 26.0 Å². The molecule has 0 bridgehead atoms. The molecule has 4 heteroatoms. The summed E-state index contributed by atoms with van der Waals surface area (Å²) in [6.45, 7) is 7.53. The lowest BCUT2D eigenvalue weighted by Gasteiger charge is -2.28. The molecule has 1 aromatic carbocycles. The van der Waals surface area contributed by atoms with E-state index in [1.165, 1.54) is 0 Å². The van der Waals surface area contributed by atoms with Crippen molar-refractivity contribution in [3.8, 4) is 5.75 Å². The van der Waals surface area contributed by atoms with Crippen molar-refractivity contribution in [2.45, 2.75) is 40.2 Å². The first-order valence-corrected chi connectivity index (χ1v) is 7.32. The first-order valence-electron chi connectivity index (χ1n) is 7.32. The predicted molar refractivity (Wildman–Crippen MR) is 81.5 cm³/mol. The van der Waals surface area contributed by atoms with Crippen molar-refractivity contribution in [1.82, 2.24) is 5.32 Å². The van der Waals surface area contributed by atoms with E-state index in [9.17, 15) is 4.79 Å². The maximum atomic E-state index is 12.3. The van der Waals surface area contributed by atoms with E-state index in [2.05, 4.69) is 5.32 Å². The number of amides is 1. The second kappa shape index (κ2) is 7.90. The van der Waals surface area contributed by atoms with Gasteiger partial charge in [-0.2, -0.15) is 0 Å². The normalized spacial score (nSPS) is 11.2. The van der Waals surface area contributed by atoms with Crippen molar-refractivity contribution in [1.29, 1.82) is 0 Å². The third-order valence-corrected chi connectivity index (χ3v) is 3.91. The van der Waals surface area contributed by atoms with Gasteiger partial charge in [0.25, 0.3) is 0 Å². The lowest BCUT2D eigenvalue weighted by molar-refractivity contribution is -0.131. The van der Waals surface area contributed by atoms with Crippen molar-refractivity contribution < 1.29 is 9.53 Å². The van der Waals surface area contributed by atoms with Gasteiger partial charge in [-0.15, -0.1) is 0 Å². The lowest BCUT2D eigenvalue weighted by Crippen LogP contribution is -2.45. The van der Waals surface area contributed by atoms with Crippen molar-refractivity contribution in [3.05, 3.63) is 29.8 Å². The summed E-state index contributed by atoms with van der Waals surface area (Å²) in [6.07, 6.45) is 1.52. The molecule has 112 valence electrons. The Kier molecular flexibility index (Phi) is 6.52. The van der Waals surface area contributed by atoms with Gasteiger partial charge in [0.15, 0.2) is 0 Å². The van der Waals surface area contributed by atoms with Crippen LogP contribution in [0, 0.1) is 5.41 Å². The van der Waals surface area contributed by atoms with E-state index < -0.39 is 5.41 Å². The molecule has 0 unspecified atom stereocenters. The van der Waals surface area contributed by atoms with E-state index in [0.717, 1.165) is 24.2 Å². The fraction of sp³-hybridized carbons (Fsp3) is 0.562. The summed E-state index contributed by atoms with van der Waals surface area (Å²) in [5.74, 6) is 0.889. The molecular formula is C16H26N2O2. The molecule has 20 heavy (non-hydrogen) atoms. The second-order valence-corrected chi connectivity index (χ2v) is 4.95. The van der Waals surface area contributed by atoms with Crippen LogP contribution in [0.3, 0.4) is 0 Å². The number of hydrogen-bond acceptors (Lipinski definition) is 3. The molecule has 0 saturated carbocycles. The number of ether oxygens (including phenoxy) is 1. The van der Waals surface area contributed by atoms with Crippen LogP contribution in [-0.4, -0.2) is 19.1 Å². The molecule has 0 aliphatic rings. The zero-order chi connectivity index (χ0) is 15.0. The molecule has 0 saturated heterocycles. The van der Waals surface area contributed by atoms with Crippen LogP contribution in [0.2, 0.25) is 0 Å². The fourth-order valence-electron chi connectivity index (χ4n) is 2.19. The Morgan fingerprint density at radius 3 is 2.25 bits per heavy atom. The number of nitrogens with two attached hydrogens (primary N) is 1. The standard InChI is InChI=1S/C16H26N2O2/c1-4-16(5-2,12-17)15(19)18-11-13-7-9-14(10-8-13)20-6-3/h7-10H,4-6,11-12,17H2,1-3H3,(H,18,19). The van der Waals surface area contributed by atoms with E-state index in [-0.39, 0.29) is 5.91 Å². The van der Waals surface area contributed by atoms with E-state index in [1.54, 1.807) is 0 Å². The lowest BCUT2D eigenvalue weighted by atomic mass is 9.81. The molecule has 0 aliphatic heterocycles. The number of benzene rings is 1. The van der Waals surface area contributed by atoms with Crippen LogP contribution in [0.25, 0.3) is 0 Å². The van der Waals surface area contributed by atoms with E-state index in [4.69, 9.17) is 10.5 Å². The van der Waals surface area contributed by atoms with Gasteiger partial charge in [0, 0.05) is 13.1 Å². The number of hydrogen-bond donors (Lipinski definition) is 2. The molecular weight excluding hydrogens is 252 g/mol. The quantitative estimate of drug-likeness (QED) is 0.767. The summed E-state index contributed by atoms with van der Waals surface area (Å²) in [4.78, 5) is 12.3. The summed E-state index contributed by atoms with van der Waals surface area (Å²) in [5.41, 5.74) is 6.39. The third kappa shape index (κ3) is 3.97. The Balaban J connectivity index is 2.60. The number of nitrogens with one attached hydrogen (secondary N) is 1. The highest BCUT2D eigenvalue weighted by molar-refractivity contribution is 5.82. The van der Waals surface area contributed by atoms with E-state index in [0.29, 0.717) is 19.7 Å². The minimum absolute atomic E-state index is 0.0406. The minimum atomic E-state index is -0.439. The molecule has 0 fully saturated rings. The monoisotopic (exact) mass is 278 g/mol. The number of rotatable bonds is 8. The average molecular weight is 278 g/mol. The molecule has 0 aromatic heterocycles. The van der Waals surface area contributed by atoms with Crippen molar-refractivity contribution >= 4 is 5.91 Å². The van der Waals surface area contributed by atoms with Gasteiger partial charge < -0.3 is 15.8 Å². The highest BCUT2D eigenvalue weighted by atomic mass is 16.5. The average Bonchev–Trinajstić information content (AvgIpc) is 2.49. The largest absolute Gasteiger partial charge is 0.494 e. The van der Waals surface area contributed by atoms with Crippen LogP contribution in [0.5, 0.6) is 5.75 Å². The van der Waals surface area contributed by atoms with Gasteiger partial charge in [-0.05, 0) is 37.5 Å². The first kappa shape index (κ1) is 16.5. The van der Waals surface area contributed by atoms with Crippen LogP contribution < -0.4 is 15.8 Å². The highest BCUT2D eigenvalue weighted by Crippen LogP contribution is 2.25. The predicted octanol–water partition coefficient (Wildman–Crippen LogP) is 2.47. The fourth-order valence-corrected chi connectivity index (χ4v) is 2.19. The second-order valence-electron chi connectivity index (χ2n) is 4.95. The smallest absolute Gasteiger partial charge is 0.227 e. The van der Waals surface area contributed by atoms with Gasteiger partial charge >= 0.3 is 0 Å². The van der Waals surface area contributed by atoms with Crippen molar-refractivity contribution in [2.24, 2.45) is 11.1 Å². The van der Waals surface area contributed by atoms with Gasteiger partial charge in [0.05, 0.1) is 12.0 Å². The Morgan fingerprint density at radius 2 is 1.80 bits per heavy atom. The molecule has 4 nitrogen and oxygen atoms in total.